The van der Waals surface area contributed by atoms with Crippen molar-refractivity contribution in [3.8, 4) is 11.5 Å². The third kappa shape index (κ3) is 1.49. The molecule has 0 amide bonds. The molecule has 5 heteroatoms. The van der Waals surface area contributed by atoms with Crippen LogP contribution in [0.3, 0.4) is 0 Å². The van der Waals surface area contributed by atoms with Crippen LogP contribution in [0.4, 0.5) is 0 Å². The summed E-state index contributed by atoms with van der Waals surface area (Å²) in [4.78, 5) is 0.485. The lowest BCUT2D eigenvalue weighted by molar-refractivity contribution is 0.435. The Balaban J connectivity index is 1.82. The van der Waals surface area contributed by atoms with E-state index in [1.54, 1.807) is 0 Å². The van der Waals surface area contributed by atoms with E-state index in [1.165, 1.54) is 0 Å². The molecule has 3 atom stereocenters. The molecule has 3 unspecified atom stereocenters. The van der Waals surface area contributed by atoms with Crippen molar-refractivity contribution in [2.45, 2.75) is 43.9 Å². The van der Waals surface area contributed by atoms with Crippen molar-refractivity contribution in [3.05, 3.63) is 44.9 Å². The first kappa shape index (κ1) is 13.7. The first-order valence-electron chi connectivity index (χ1n) is 8.11. The van der Waals surface area contributed by atoms with Gasteiger partial charge in [-0.2, -0.15) is 0 Å². The highest BCUT2D eigenvalue weighted by molar-refractivity contribution is 7.95. The Bertz CT molecular complexity index is 937. The Morgan fingerprint density at radius 2 is 1.70 bits per heavy atom. The first-order valence-corrected chi connectivity index (χ1v) is 9.76. The Morgan fingerprint density at radius 1 is 1.04 bits per heavy atom. The third-order valence-corrected chi connectivity index (χ3v) is 8.11. The summed E-state index contributed by atoms with van der Waals surface area (Å²) in [7, 11) is -3.22. The van der Waals surface area contributed by atoms with E-state index in [0.29, 0.717) is 23.3 Å². The summed E-state index contributed by atoms with van der Waals surface area (Å²) in [6, 6.07) is 0. The van der Waals surface area contributed by atoms with Crippen LogP contribution in [-0.2, 0) is 16.3 Å². The molecular formula is C18H18O4S. The summed E-state index contributed by atoms with van der Waals surface area (Å²) < 4.78 is 24.7. The number of allylic oxidation sites excluding steroid dienone is 4. The summed E-state index contributed by atoms with van der Waals surface area (Å²) >= 11 is 0. The van der Waals surface area contributed by atoms with Crippen LogP contribution in [0.2, 0.25) is 0 Å². The van der Waals surface area contributed by atoms with Crippen molar-refractivity contribution in [2.24, 2.45) is 0 Å². The van der Waals surface area contributed by atoms with Gasteiger partial charge in [-0.25, -0.2) is 8.42 Å². The zero-order chi connectivity index (χ0) is 16.1. The zero-order valence-electron chi connectivity index (χ0n) is 12.8. The monoisotopic (exact) mass is 330 g/mol. The van der Waals surface area contributed by atoms with Gasteiger partial charge in [0, 0.05) is 40.0 Å². The Hall–Kier alpha value is -1.75. The van der Waals surface area contributed by atoms with Crippen LogP contribution in [0.5, 0.6) is 11.5 Å². The van der Waals surface area contributed by atoms with Crippen molar-refractivity contribution < 1.29 is 18.6 Å². The van der Waals surface area contributed by atoms with Crippen LogP contribution in [0.25, 0.3) is 0 Å². The Morgan fingerprint density at radius 3 is 2.39 bits per heavy atom. The Kier molecular flexibility index (Phi) is 2.38. The molecular weight excluding hydrogens is 312 g/mol. The summed E-state index contributed by atoms with van der Waals surface area (Å²) in [6.45, 7) is 1.84. The quantitative estimate of drug-likeness (QED) is 0.566. The van der Waals surface area contributed by atoms with Gasteiger partial charge in [0.15, 0.2) is 9.84 Å². The molecule has 2 N–H and O–H groups in total. The summed E-state index contributed by atoms with van der Waals surface area (Å²) in [5.74, 6) is 0.698. The van der Waals surface area contributed by atoms with Gasteiger partial charge < -0.3 is 10.2 Å². The largest absolute Gasteiger partial charge is 0.507 e. The van der Waals surface area contributed by atoms with Crippen LogP contribution in [0, 0.1) is 0 Å². The molecule has 0 aromatic heterocycles. The molecule has 4 nitrogen and oxygen atoms in total. The standard InChI is InChI=1S/C18H18O4S/c1-8-6-12-15(11-4-5-23(21,22)18(8)11)17(20)14-10-3-2-9(7-10)13(14)16(12)19/h2-3,9-11,19-20H,4-7H2,1H3. The lowest BCUT2D eigenvalue weighted by Crippen LogP contribution is -2.16. The fraction of sp³-hybridized carbons (Fsp3) is 0.444. The third-order valence-electron chi connectivity index (χ3n) is 6.03. The smallest absolute Gasteiger partial charge is 0.175 e. The van der Waals surface area contributed by atoms with Crippen LogP contribution in [0.15, 0.2) is 22.6 Å². The molecule has 1 saturated heterocycles. The molecule has 1 aromatic rings. The predicted octanol–water partition coefficient (Wildman–Crippen LogP) is 2.97. The van der Waals surface area contributed by atoms with E-state index >= 15 is 0 Å². The van der Waals surface area contributed by atoms with Crippen LogP contribution in [0.1, 0.15) is 59.8 Å². The minimum absolute atomic E-state index is 0.132. The topological polar surface area (TPSA) is 74.6 Å². The molecule has 2 bridgehead atoms. The second-order valence-electron chi connectivity index (χ2n) is 7.23. The average molecular weight is 330 g/mol. The SMILES string of the molecule is CC1=C2C(CCS2(=O)=O)c2c(O)c3c(c(O)c2C1)C1C=CC3C1. The molecule has 0 saturated carbocycles. The number of benzene rings is 1. The van der Waals surface area contributed by atoms with Crippen molar-refractivity contribution in [1.29, 1.82) is 0 Å². The lowest BCUT2D eigenvalue weighted by Gasteiger charge is -2.29. The molecule has 120 valence electrons. The van der Waals surface area contributed by atoms with Gasteiger partial charge >= 0.3 is 0 Å². The minimum Gasteiger partial charge on any atom is -0.507 e. The zero-order valence-corrected chi connectivity index (χ0v) is 13.7. The van der Waals surface area contributed by atoms with Gasteiger partial charge in [0.25, 0.3) is 0 Å². The number of rotatable bonds is 0. The fourth-order valence-corrected chi connectivity index (χ4v) is 7.22. The normalized spacial score (nSPS) is 32.1. The maximum atomic E-state index is 12.4. The highest BCUT2D eigenvalue weighted by Gasteiger charge is 2.46. The van der Waals surface area contributed by atoms with Crippen LogP contribution >= 0.6 is 0 Å². The van der Waals surface area contributed by atoms with E-state index in [2.05, 4.69) is 12.2 Å². The van der Waals surface area contributed by atoms with Crippen molar-refractivity contribution >= 4 is 9.84 Å². The number of fused-ring (bicyclic) bond motifs is 8. The Labute approximate surface area is 135 Å². The fourth-order valence-electron chi connectivity index (χ4n) is 5.19. The lowest BCUT2D eigenvalue weighted by atomic mass is 9.78. The van der Waals surface area contributed by atoms with E-state index in [-0.39, 0.29) is 35.0 Å². The van der Waals surface area contributed by atoms with Crippen molar-refractivity contribution in [1.82, 2.24) is 0 Å². The van der Waals surface area contributed by atoms with Gasteiger partial charge in [0.2, 0.25) is 0 Å². The van der Waals surface area contributed by atoms with E-state index in [9.17, 15) is 18.6 Å². The average Bonchev–Trinajstić information content (AvgIpc) is 3.17. The molecule has 1 aromatic carbocycles. The van der Waals surface area contributed by atoms with E-state index < -0.39 is 9.84 Å². The van der Waals surface area contributed by atoms with E-state index in [0.717, 1.165) is 28.7 Å². The molecule has 4 aliphatic rings. The number of phenols is 2. The van der Waals surface area contributed by atoms with Crippen molar-refractivity contribution in [2.75, 3.05) is 5.75 Å². The van der Waals surface area contributed by atoms with Gasteiger partial charge in [-0.05, 0) is 26.2 Å². The molecule has 23 heavy (non-hydrogen) atoms. The highest BCUT2D eigenvalue weighted by atomic mass is 32.2. The molecule has 5 rings (SSSR count). The molecule has 3 aliphatic carbocycles. The number of sulfone groups is 1. The van der Waals surface area contributed by atoms with E-state index in [1.807, 2.05) is 6.92 Å². The summed E-state index contributed by atoms with van der Waals surface area (Å²) in [6.07, 6.45) is 6.01. The minimum atomic E-state index is -3.22. The second-order valence-corrected chi connectivity index (χ2v) is 9.31. The maximum Gasteiger partial charge on any atom is 0.175 e. The van der Waals surface area contributed by atoms with Gasteiger partial charge in [-0.1, -0.05) is 17.7 Å². The molecule has 0 radical (unpaired) electrons. The molecule has 1 aliphatic heterocycles. The van der Waals surface area contributed by atoms with E-state index in [4.69, 9.17) is 0 Å². The predicted molar refractivity (Wildman–Crippen MR) is 86.6 cm³/mol. The van der Waals surface area contributed by atoms with Crippen LogP contribution in [-0.4, -0.2) is 24.4 Å². The van der Waals surface area contributed by atoms with Gasteiger partial charge in [-0.15, -0.1) is 0 Å². The second kappa shape index (κ2) is 4.01. The first-order chi connectivity index (χ1) is 10.9. The number of hydrogen-bond donors (Lipinski definition) is 2. The molecule has 1 heterocycles. The van der Waals surface area contributed by atoms with Crippen LogP contribution < -0.4 is 0 Å². The van der Waals surface area contributed by atoms with Crippen molar-refractivity contribution in [3.63, 3.8) is 0 Å². The van der Waals surface area contributed by atoms with Gasteiger partial charge in [-0.3, -0.25) is 0 Å². The summed E-state index contributed by atoms with van der Waals surface area (Å²) in [5.41, 5.74) is 3.92. The van der Waals surface area contributed by atoms with Gasteiger partial charge in [0.05, 0.1) is 10.7 Å². The highest BCUT2D eigenvalue weighted by Crippen LogP contribution is 2.61. The molecule has 0 spiro atoms. The summed E-state index contributed by atoms with van der Waals surface area (Å²) in [5, 5.41) is 21.8. The van der Waals surface area contributed by atoms with Gasteiger partial charge in [0.1, 0.15) is 11.5 Å². The number of hydrogen-bond acceptors (Lipinski definition) is 4. The number of aromatic hydroxyl groups is 2. The number of phenolic OH excluding ortho intramolecular Hbond substituents is 2. The molecule has 1 fully saturated rings. The maximum absolute atomic E-state index is 12.4.